The maximum absolute atomic E-state index is 12.0. The fourth-order valence-electron chi connectivity index (χ4n) is 2.70. The molecule has 0 aliphatic rings. The minimum Gasteiger partial charge on any atom is -0.489 e. The Morgan fingerprint density at radius 2 is 1.66 bits per heavy atom. The highest BCUT2D eigenvalue weighted by Gasteiger charge is 2.12. The molecule has 0 saturated carbocycles. The van der Waals surface area contributed by atoms with E-state index in [1.54, 1.807) is 43.3 Å². The van der Waals surface area contributed by atoms with Crippen molar-refractivity contribution in [2.75, 3.05) is 0 Å². The Labute approximate surface area is 196 Å². The van der Waals surface area contributed by atoms with Crippen LogP contribution < -0.4 is 15.5 Å². The Balaban J connectivity index is 1.50. The number of nitrogens with zero attached hydrogens (tertiary/aromatic N) is 1. The van der Waals surface area contributed by atoms with Crippen LogP contribution in [0.1, 0.15) is 23.6 Å². The summed E-state index contributed by atoms with van der Waals surface area (Å²) in [5.74, 6) is -0.938. The second-order valence-electron chi connectivity index (χ2n) is 6.86. The summed E-state index contributed by atoms with van der Waals surface area (Å²) in [5, 5.41) is 7.66. The average Bonchev–Trinajstić information content (AvgIpc) is 2.81. The van der Waals surface area contributed by atoms with Crippen LogP contribution in [0, 0.1) is 0 Å². The zero-order valence-corrected chi connectivity index (χ0v) is 18.8. The summed E-state index contributed by atoms with van der Waals surface area (Å²) in [5.41, 5.74) is 5.30. The number of carbonyl (C=O) groups excluding carboxylic acids is 2. The molecule has 6 nitrogen and oxygen atoms in total. The molecule has 3 aromatic carbocycles. The van der Waals surface area contributed by atoms with Crippen molar-refractivity contribution in [3.8, 4) is 5.75 Å². The first-order chi connectivity index (χ1) is 15.4. The van der Waals surface area contributed by atoms with E-state index >= 15 is 0 Å². The second kappa shape index (κ2) is 11.3. The molecule has 164 valence electrons. The van der Waals surface area contributed by atoms with Gasteiger partial charge in [0.25, 0.3) is 0 Å². The molecule has 0 aliphatic carbocycles. The van der Waals surface area contributed by atoms with E-state index in [9.17, 15) is 9.59 Å². The van der Waals surface area contributed by atoms with Gasteiger partial charge in [-0.25, -0.2) is 5.43 Å². The Kier molecular flexibility index (Phi) is 8.25. The molecule has 0 bridgehead atoms. The van der Waals surface area contributed by atoms with Gasteiger partial charge in [-0.05, 0) is 54.4 Å². The lowest BCUT2D eigenvalue weighted by Crippen LogP contribution is -2.37. The standard InChI is InChI=1S/C24H21Cl2N3O3/c1-16(28-29-24(31)23(30)27-14-17-5-3-2-4-6-17)18-8-11-21(12-9-18)32-15-19-7-10-20(25)13-22(19)26/h2-13H,14-15H2,1H3,(H,27,30)(H,29,31). The largest absolute Gasteiger partial charge is 0.489 e. The van der Waals surface area contributed by atoms with Gasteiger partial charge in [0.2, 0.25) is 0 Å². The molecule has 3 aromatic rings. The predicted molar refractivity (Wildman–Crippen MR) is 126 cm³/mol. The summed E-state index contributed by atoms with van der Waals surface area (Å²) in [6.07, 6.45) is 0. The highest BCUT2D eigenvalue weighted by atomic mass is 35.5. The topological polar surface area (TPSA) is 79.8 Å². The van der Waals surface area contributed by atoms with Gasteiger partial charge in [-0.3, -0.25) is 9.59 Å². The molecule has 3 rings (SSSR count). The molecule has 0 spiro atoms. The van der Waals surface area contributed by atoms with Crippen LogP contribution in [-0.4, -0.2) is 17.5 Å². The Bertz CT molecular complexity index is 1120. The summed E-state index contributed by atoms with van der Waals surface area (Å²) in [6.45, 7) is 2.29. The molecule has 2 N–H and O–H groups in total. The van der Waals surface area contributed by atoms with Crippen molar-refractivity contribution in [2.45, 2.75) is 20.1 Å². The number of benzene rings is 3. The quantitative estimate of drug-likeness (QED) is 0.298. The van der Waals surface area contributed by atoms with Gasteiger partial charge in [0.05, 0.1) is 5.71 Å². The number of rotatable bonds is 7. The minimum atomic E-state index is -0.833. The van der Waals surface area contributed by atoms with Gasteiger partial charge >= 0.3 is 11.8 Å². The number of hydrogen-bond donors (Lipinski definition) is 2. The van der Waals surface area contributed by atoms with Gasteiger partial charge in [-0.1, -0.05) is 59.6 Å². The molecule has 0 atom stereocenters. The van der Waals surface area contributed by atoms with Crippen LogP contribution in [0.2, 0.25) is 10.0 Å². The maximum Gasteiger partial charge on any atom is 0.329 e. The van der Waals surface area contributed by atoms with Gasteiger partial charge < -0.3 is 10.1 Å². The molecule has 0 heterocycles. The van der Waals surface area contributed by atoms with Crippen molar-refractivity contribution in [2.24, 2.45) is 5.10 Å². The van der Waals surface area contributed by atoms with Gasteiger partial charge in [-0.2, -0.15) is 5.10 Å². The molecular formula is C24H21Cl2N3O3. The van der Waals surface area contributed by atoms with E-state index in [4.69, 9.17) is 27.9 Å². The lowest BCUT2D eigenvalue weighted by atomic mass is 10.1. The normalized spacial score (nSPS) is 11.0. The molecule has 0 fully saturated rings. The first kappa shape index (κ1) is 23.3. The van der Waals surface area contributed by atoms with Crippen LogP contribution in [0.25, 0.3) is 0 Å². The third kappa shape index (κ3) is 6.83. The molecule has 0 saturated heterocycles. The van der Waals surface area contributed by atoms with Crippen molar-refractivity contribution in [3.05, 3.63) is 99.5 Å². The second-order valence-corrected chi connectivity index (χ2v) is 7.70. The van der Waals surface area contributed by atoms with E-state index in [2.05, 4.69) is 15.8 Å². The average molecular weight is 470 g/mol. The van der Waals surface area contributed by atoms with Gasteiger partial charge in [0.15, 0.2) is 0 Å². The van der Waals surface area contributed by atoms with Crippen molar-refractivity contribution >= 4 is 40.7 Å². The number of nitrogens with one attached hydrogen (secondary N) is 2. The van der Waals surface area contributed by atoms with E-state index < -0.39 is 11.8 Å². The van der Waals surface area contributed by atoms with Gasteiger partial charge in [-0.15, -0.1) is 0 Å². The highest BCUT2D eigenvalue weighted by Crippen LogP contribution is 2.23. The van der Waals surface area contributed by atoms with Crippen molar-refractivity contribution in [1.82, 2.24) is 10.7 Å². The van der Waals surface area contributed by atoms with Crippen molar-refractivity contribution in [1.29, 1.82) is 0 Å². The van der Waals surface area contributed by atoms with Crippen LogP contribution in [0.4, 0.5) is 0 Å². The van der Waals surface area contributed by atoms with E-state index in [-0.39, 0.29) is 6.54 Å². The Morgan fingerprint density at radius 1 is 0.938 bits per heavy atom. The van der Waals surface area contributed by atoms with Crippen LogP contribution in [0.5, 0.6) is 5.75 Å². The minimum absolute atomic E-state index is 0.262. The smallest absolute Gasteiger partial charge is 0.329 e. The van der Waals surface area contributed by atoms with Crippen LogP contribution in [-0.2, 0) is 22.7 Å². The molecule has 8 heteroatoms. The number of hydrazone groups is 1. The van der Waals surface area contributed by atoms with Crippen molar-refractivity contribution in [3.63, 3.8) is 0 Å². The third-order valence-electron chi connectivity index (χ3n) is 4.51. The van der Waals surface area contributed by atoms with E-state index in [1.807, 2.05) is 36.4 Å². The molecule has 0 radical (unpaired) electrons. The number of amides is 2. The monoisotopic (exact) mass is 469 g/mol. The number of ether oxygens (including phenoxy) is 1. The van der Waals surface area contributed by atoms with Crippen LogP contribution in [0.15, 0.2) is 77.9 Å². The summed E-state index contributed by atoms with van der Waals surface area (Å²) < 4.78 is 5.75. The lowest BCUT2D eigenvalue weighted by molar-refractivity contribution is -0.139. The van der Waals surface area contributed by atoms with E-state index in [0.717, 1.165) is 16.7 Å². The molecular weight excluding hydrogens is 449 g/mol. The van der Waals surface area contributed by atoms with Gasteiger partial charge in [0, 0.05) is 22.2 Å². The summed E-state index contributed by atoms with van der Waals surface area (Å²) >= 11 is 12.1. The third-order valence-corrected chi connectivity index (χ3v) is 5.10. The van der Waals surface area contributed by atoms with E-state index in [1.165, 1.54) is 0 Å². The van der Waals surface area contributed by atoms with Crippen molar-refractivity contribution < 1.29 is 14.3 Å². The maximum atomic E-state index is 12.0. The van der Waals surface area contributed by atoms with Crippen LogP contribution in [0.3, 0.4) is 0 Å². The Hall–Kier alpha value is -3.35. The summed E-state index contributed by atoms with van der Waals surface area (Å²) in [4.78, 5) is 23.9. The number of carbonyl (C=O) groups is 2. The molecule has 0 aliphatic heterocycles. The highest BCUT2D eigenvalue weighted by molar-refractivity contribution is 6.35. The molecule has 2 amide bonds. The summed E-state index contributed by atoms with van der Waals surface area (Å²) in [7, 11) is 0. The first-order valence-corrected chi connectivity index (χ1v) is 10.5. The molecule has 0 unspecified atom stereocenters. The SMILES string of the molecule is CC(=NNC(=O)C(=O)NCc1ccccc1)c1ccc(OCc2ccc(Cl)cc2Cl)cc1. The lowest BCUT2D eigenvalue weighted by Gasteiger charge is -2.09. The fourth-order valence-corrected chi connectivity index (χ4v) is 3.16. The number of halogens is 2. The zero-order valence-electron chi connectivity index (χ0n) is 17.3. The first-order valence-electron chi connectivity index (χ1n) is 9.76. The van der Waals surface area contributed by atoms with Gasteiger partial charge in [0.1, 0.15) is 12.4 Å². The summed E-state index contributed by atoms with van der Waals surface area (Å²) in [6, 6.07) is 21.7. The molecule has 32 heavy (non-hydrogen) atoms. The Morgan fingerprint density at radius 3 is 2.34 bits per heavy atom. The zero-order chi connectivity index (χ0) is 22.9. The van der Waals surface area contributed by atoms with E-state index in [0.29, 0.717) is 28.1 Å². The van der Waals surface area contributed by atoms with Crippen LogP contribution >= 0.6 is 23.2 Å². The fraction of sp³-hybridized carbons (Fsp3) is 0.125. The predicted octanol–water partition coefficient (Wildman–Crippen LogP) is 4.73. The number of hydrogen-bond acceptors (Lipinski definition) is 4. The molecule has 0 aromatic heterocycles.